The van der Waals surface area contributed by atoms with Gasteiger partial charge in [-0.2, -0.15) is 13.2 Å². The van der Waals surface area contributed by atoms with E-state index in [0.717, 1.165) is 25.5 Å². The molecule has 6 heteroatoms. The number of benzene rings is 1. The van der Waals surface area contributed by atoms with Gasteiger partial charge in [0.1, 0.15) is 0 Å². The van der Waals surface area contributed by atoms with Gasteiger partial charge in [-0.25, -0.2) is 0 Å². The molecule has 1 aromatic rings. The van der Waals surface area contributed by atoms with Crippen molar-refractivity contribution in [2.45, 2.75) is 43.4 Å². The summed E-state index contributed by atoms with van der Waals surface area (Å²) in [5, 5.41) is 5.94. The van der Waals surface area contributed by atoms with Crippen LogP contribution < -0.4 is 10.6 Å². The van der Waals surface area contributed by atoms with Gasteiger partial charge in [0.2, 0.25) is 5.91 Å². The molecule has 0 bridgehead atoms. The third-order valence-corrected chi connectivity index (χ3v) is 4.16. The molecule has 1 heterocycles. The minimum absolute atomic E-state index is 0.0931. The number of alkyl halides is 3. The average Bonchev–Trinajstić information content (AvgIpc) is 2.98. The van der Waals surface area contributed by atoms with Crippen molar-refractivity contribution in [1.29, 1.82) is 0 Å². The predicted octanol–water partition coefficient (Wildman–Crippen LogP) is 2.43. The van der Waals surface area contributed by atoms with Gasteiger partial charge in [0.25, 0.3) is 0 Å². The number of hydrogen-bond acceptors (Lipinski definition) is 2. The third kappa shape index (κ3) is 3.05. The highest BCUT2D eigenvalue weighted by molar-refractivity contribution is 5.82. The van der Waals surface area contributed by atoms with Crippen LogP contribution in [0.4, 0.5) is 13.2 Å². The van der Waals surface area contributed by atoms with Crippen molar-refractivity contribution in [3.8, 4) is 0 Å². The minimum Gasteiger partial charge on any atom is -0.351 e. The topological polar surface area (TPSA) is 41.1 Å². The van der Waals surface area contributed by atoms with Crippen LogP contribution in [0.25, 0.3) is 0 Å². The van der Waals surface area contributed by atoms with E-state index in [0.29, 0.717) is 6.42 Å². The number of rotatable bonds is 3. The van der Waals surface area contributed by atoms with Crippen molar-refractivity contribution in [3.63, 3.8) is 0 Å². The molecular formula is C15H17F3N2O. The molecule has 3 atom stereocenters. The number of halogens is 3. The zero-order chi connectivity index (χ0) is 15.0. The summed E-state index contributed by atoms with van der Waals surface area (Å²) in [6.07, 6.45) is -2.02. The quantitative estimate of drug-likeness (QED) is 0.900. The first-order valence-electron chi connectivity index (χ1n) is 7.16. The van der Waals surface area contributed by atoms with Crippen LogP contribution in [0.3, 0.4) is 0 Å². The van der Waals surface area contributed by atoms with Crippen LogP contribution in [-0.2, 0) is 11.0 Å². The Morgan fingerprint density at radius 3 is 2.71 bits per heavy atom. The lowest BCUT2D eigenvalue weighted by molar-refractivity contribution is -0.138. The summed E-state index contributed by atoms with van der Waals surface area (Å²) in [6, 6.07) is 5.25. The Morgan fingerprint density at radius 1 is 1.29 bits per heavy atom. The molecule has 21 heavy (non-hydrogen) atoms. The third-order valence-electron chi connectivity index (χ3n) is 4.16. The maximum atomic E-state index is 13.0. The molecule has 2 N–H and O–H groups in total. The Morgan fingerprint density at radius 2 is 2.05 bits per heavy atom. The van der Waals surface area contributed by atoms with Gasteiger partial charge in [0, 0.05) is 12.0 Å². The molecule has 1 aliphatic heterocycles. The van der Waals surface area contributed by atoms with Gasteiger partial charge < -0.3 is 10.6 Å². The van der Waals surface area contributed by atoms with E-state index in [-0.39, 0.29) is 29.5 Å². The average molecular weight is 298 g/mol. The molecule has 2 fully saturated rings. The van der Waals surface area contributed by atoms with Crippen molar-refractivity contribution in [1.82, 2.24) is 10.6 Å². The summed E-state index contributed by atoms with van der Waals surface area (Å²) < 4.78 is 38.9. The monoisotopic (exact) mass is 298 g/mol. The van der Waals surface area contributed by atoms with E-state index < -0.39 is 11.7 Å². The fraction of sp³-hybridized carbons (Fsp3) is 0.533. The van der Waals surface area contributed by atoms with Crippen LogP contribution in [-0.4, -0.2) is 24.5 Å². The van der Waals surface area contributed by atoms with Gasteiger partial charge in [-0.1, -0.05) is 18.2 Å². The van der Waals surface area contributed by atoms with Crippen LogP contribution in [0.5, 0.6) is 0 Å². The summed E-state index contributed by atoms with van der Waals surface area (Å²) in [7, 11) is 0. The molecule has 2 aliphatic rings. The summed E-state index contributed by atoms with van der Waals surface area (Å²) in [5.74, 6) is -0.322. The second-order valence-corrected chi connectivity index (χ2v) is 5.69. The molecule has 0 spiro atoms. The summed E-state index contributed by atoms with van der Waals surface area (Å²) in [6.45, 7) is 0.823. The van der Waals surface area contributed by atoms with Crippen LogP contribution in [0.2, 0.25) is 0 Å². The Kier molecular flexibility index (Phi) is 3.65. The Balaban J connectivity index is 1.67. The van der Waals surface area contributed by atoms with Crippen LogP contribution >= 0.6 is 0 Å². The SMILES string of the molecule is O=C(NC1CC1c1ccccc1C(F)(F)F)C1CCCN1. The standard InChI is InChI=1S/C15H17F3N2O/c16-15(17,18)11-5-2-1-4-9(11)10-8-13(10)20-14(21)12-6-3-7-19-12/h1-2,4-5,10,12-13,19H,3,6-8H2,(H,20,21). The van der Waals surface area contributed by atoms with E-state index >= 15 is 0 Å². The molecule has 114 valence electrons. The number of amides is 1. The predicted molar refractivity (Wildman–Crippen MR) is 71.8 cm³/mol. The molecule has 0 radical (unpaired) electrons. The van der Waals surface area contributed by atoms with E-state index in [9.17, 15) is 18.0 Å². The second kappa shape index (κ2) is 5.33. The Bertz CT molecular complexity index is 538. The molecular weight excluding hydrogens is 281 g/mol. The molecule has 1 aliphatic carbocycles. The van der Waals surface area contributed by atoms with E-state index in [1.54, 1.807) is 6.07 Å². The van der Waals surface area contributed by atoms with Gasteiger partial charge >= 0.3 is 6.18 Å². The molecule has 1 aromatic carbocycles. The number of carbonyl (C=O) groups excluding carboxylic acids is 1. The van der Waals surface area contributed by atoms with Crippen molar-refractivity contribution >= 4 is 5.91 Å². The van der Waals surface area contributed by atoms with Crippen molar-refractivity contribution in [2.75, 3.05) is 6.54 Å². The first kappa shape index (κ1) is 14.4. The molecule has 0 aromatic heterocycles. The fourth-order valence-corrected chi connectivity index (χ4v) is 2.97. The van der Waals surface area contributed by atoms with Crippen LogP contribution in [0.15, 0.2) is 24.3 Å². The zero-order valence-electron chi connectivity index (χ0n) is 11.4. The fourth-order valence-electron chi connectivity index (χ4n) is 2.97. The summed E-state index contributed by atoms with van der Waals surface area (Å²) in [5.41, 5.74) is -0.305. The van der Waals surface area contributed by atoms with Crippen molar-refractivity contribution in [2.24, 2.45) is 0 Å². The van der Waals surface area contributed by atoms with Gasteiger partial charge in [0.05, 0.1) is 11.6 Å². The molecule has 3 nitrogen and oxygen atoms in total. The summed E-state index contributed by atoms with van der Waals surface area (Å²) >= 11 is 0. The van der Waals surface area contributed by atoms with Gasteiger partial charge in [-0.15, -0.1) is 0 Å². The lowest BCUT2D eigenvalue weighted by Gasteiger charge is -2.14. The lowest BCUT2D eigenvalue weighted by atomic mass is 10.0. The molecule has 3 rings (SSSR count). The van der Waals surface area contributed by atoms with E-state index in [1.165, 1.54) is 12.1 Å². The van der Waals surface area contributed by atoms with E-state index in [1.807, 2.05) is 0 Å². The second-order valence-electron chi connectivity index (χ2n) is 5.69. The minimum atomic E-state index is -4.35. The van der Waals surface area contributed by atoms with Gasteiger partial charge in [-0.05, 0) is 37.4 Å². The van der Waals surface area contributed by atoms with Crippen LogP contribution in [0.1, 0.15) is 36.3 Å². The lowest BCUT2D eigenvalue weighted by Crippen LogP contribution is -2.41. The van der Waals surface area contributed by atoms with Crippen LogP contribution in [0, 0.1) is 0 Å². The van der Waals surface area contributed by atoms with Gasteiger partial charge in [-0.3, -0.25) is 4.79 Å². The van der Waals surface area contributed by atoms with E-state index in [2.05, 4.69) is 10.6 Å². The highest BCUT2D eigenvalue weighted by Crippen LogP contribution is 2.46. The van der Waals surface area contributed by atoms with Gasteiger partial charge in [0.15, 0.2) is 0 Å². The molecule has 1 saturated carbocycles. The molecule has 1 amide bonds. The number of nitrogens with one attached hydrogen (secondary N) is 2. The van der Waals surface area contributed by atoms with Crippen molar-refractivity contribution < 1.29 is 18.0 Å². The molecule has 1 saturated heterocycles. The first-order chi connectivity index (χ1) is 9.97. The summed E-state index contributed by atoms with van der Waals surface area (Å²) in [4.78, 5) is 12.0. The first-order valence-corrected chi connectivity index (χ1v) is 7.16. The maximum absolute atomic E-state index is 13.0. The number of carbonyl (C=O) groups is 1. The maximum Gasteiger partial charge on any atom is 0.416 e. The largest absolute Gasteiger partial charge is 0.416 e. The van der Waals surface area contributed by atoms with Crippen molar-refractivity contribution in [3.05, 3.63) is 35.4 Å². The van der Waals surface area contributed by atoms with E-state index in [4.69, 9.17) is 0 Å². The molecule has 3 unspecified atom stereocenters. The zero-order valence-corrected chi connectivity index (χ0v) is 11.4. The smallest absolute Gasteiger partial charge is 0.351 e. The number of hydrogen-bond donors (Lipinski definition) is 2. The Hall–Kier alpha value is -1.56. The highest BCUT2D eigenvalue weighted by atomic mass is 19.4. The Labute approximate surface area is 120 Å². The highest BCUT2D eigenvalue weighted by Gasteiger charge is 2.45. The normalized spacial score (nSPS) is 28.4.